The molecule has 0 unspecified atom stereocenters. The molecule has 5 nitrogen and oxygen atoms in total. The Kier molecular flexibility index (Phi) is 2.84. The van der Waals surface area contributed by atoms with Crippen LogP contribution in [0, 0.1) is 0 Å². The first-order valence-electron chi connectivity index (χ1n) is 3.64. The van der Waals surface area contributed by atoms with E-state index in [9.17, 15) is 8.42 Å². The van der Waals surface area contributed by atoms with Gasteiger partial charge in [-0.1, -0.05) is 0 Å². The number of pyridine rings is 1. The van der Waals surface area contributed by atoms with Gasteiger partial charge in [-0.25, -0.2) is 13.6 Å². The van der Waals surface area contributed by atoms with Gasteiger partial charge in [0, 0.05) is 12.3 Å². The number of primary sulfonamides is 1. The van der Waals surface area contributed by atoms with Crippen molar-refractivity contribution >= 4 is 10.0 Å². The van der Waals surface area contributed by atoms with Gasteiger partial charge >= 0.3 is 0 Å². The summed E-state index contributed by atoms with van der Waals surface area (Å²) in [6.45, 7) is 2.25. The van der Waals surface area contributed by atoms with Crippen LogP contribution in [0.2, 0.25) is 0 Å². The van der Waals surface area contributed by atoms with E-state index < -0.39 is 10.0 Å². The number of sulfonamides is 1. The van der Waals surface area contributed by atoms with Gasteiger partial charge in [0.05, 0.1) is 12.8 Å². The van der Waals surface area contributed by atoms with Crippen LogP contribution in [0.3, 0.4) is 0 Å². The average molecular weight is 202 g/mol. The number of ether oxygens (including phenoxy) is 1. The molecule has 0 aliphatic heterocycles. The number of rotatable bonds is 3. The van der Waals surface area contributed by atoms with Crippen molar-refractivity contribution in [3.63, 3.8) is 0 Å². The maximum absolute atomic E-state index is 10.9. The molecule has 0 spiro atoms. The molecule has 0 radical (unpaired) electrons. The number of nitrogens with two attached hydrogens (primary N) is 1. The van der Waals surface area contributed by atoms with Gasteiger partial charge in [-0.05, 0) is 6.92 Å². The summed E-state index contributed by atoms with van der Waals surface area (Å²) in [5.74, 6) is 0.397. The molecule has 0 bridgehead atoms. The van der Waals surface area contributed by atoms with E-state index in [0.29, 0.717) is 12.4 Å². The highest BCUT2D eigenvalue weighted by atomic mass is 32.2. The van der Waals surface area contributed by atoms with E-state index in [1.807, 2.05) is 0 Å². The number of aromatic nitrogens is 1. The third-order valence-corrected chi connectivity index (χ3v) is 2.21. The van der Waals surface area contributed by atoms with Crippen LogP contribution in [-0.4, -0.2) is 20.0 Å². The molecule has 0 fully saturated rings. The fourth-order valence-electron chi connectivity index (χ4n) is 0.800. The summed E-state index contributed by atoms with van der Waals surface area (Å²) < 4.78 is 26.8. The zero-order valence-corrected chi connectivity index (χ0v) is 7.91. The van der Waals surface area contributed by atoms with Crippen molar-refractivity contribution in [1.82, 2.24) is 4.98 Å². The minimum atomic E-state index is -3.69. The van der Waals surface area contributed by atoms with Gasteiger partial charge in [0.15, 0.2) is 0 Å². The first kappa shape index (κ1) is 9.94. The van der Waals surface area contributed by atoms with E-state index in [1.54, 1.807) is 6.92 Å². The Hall–Kier alpha value is -1.14. The van der Waals surface area contributed by atoms with Gasteiger partial charge in [-0.15, -0.1) is 0 Å². The van der Waals surface area contributed by atoms with Crippen LogP contribution < -0.4 is 9.88 Å². The largest absolute Gasteiger partial charge is 0.492 e. The lowest BCUT2D eigenvalue weighted by molar-refractivity contribution is 0.337. The molecule has 6 heteroatoms. The molecule has 0 saturated heterocycles. The third kappa shape index (κ3) is 2.67. The fourth-order valence-corrected chi connectivity index (χ4v) is 1.29. The molecule has 1 aromatic rings. The zero-order chi connectivity index (χ0) is 9.90. The quantitative estimate of drug-likeness (QED) is 0.755. The van der Waals surface area contributed by atoms with Gasteiger partial charge < -0.3 is 4.74 Å². The van der Waals surface area contributed by atoms with Crippen molar-refractivity contribution < 1.29 is 13.2 Å². The molecule has 1 heterocycles. The molecule has 1 rings (SSSR count). The smallest absolute Gasteiger partial charge is 0.239 e. The molecular formula is C7H10N2O3S. The lowest BCUT2D eigenvalue weighted by Crippen LogP contribution is -2.12. The van der Waals surface area contributed by atoms with Crippen LogP contribution in [0.15, 0.2) is 23.4 Å². The Labute approximate surface area is 76.6 Å². The molecule has 0 saturated carbocycles. The Bertz CT molecular complexity index is 388. The van der Waals surface area contributed by atoms with Crippen LogP contribution in [0.5, 0.6) is 5.75 Å². The van der Waals surface area contributed by atoms with E-state index >= 15 is 0 Å². The second-order valence-corrected chi connectivity index (χ2v) is 3.90. The van der Waals surface area contributed by atoms with Crippen LogP contribution in [0.4, 0.5) is 0 Å². The van der Waals surface area contributed by atoms with Gasteiger partial charge in [-0.3, -0.25) is 4.98 Å². The van der Waals surface area contributed by atoms with E-state index in [1.165, 1.54) is 18.5 Å². The molecule has 0 aliphatic rings. The maximum atomic E-state index is 10.9. The summed E-state index contributed by atoms with van der Waals surface area (Å²) in [7, 11) is -3.69. The third-order valence-electron chi connectivity index (χ3n) is 1.33. The Morgan fingerprint density at radius 3 is 2.77 bits per heavy atom. The highest BCUT2D eigenvalue weighted by Gasteiger charge is 2.08. The summed E-state index contributed by atoms with van der Waals surface area (Å²) in [4.78, 5) is 3.64. The minimum Gasteiger partial charge on any atom is -0.492 e. The first-order valence-corrected chi connectivity index (χ1v) is 5.19. The van der Waals surface area contributed by atoms with Crippen molar-refractivity contribution in [3.05, 3.63) is 18.5 Å². The molecule has 1 aromatic heterocycles. The predicted molar refractivity (Wildman–Crippen MR) is 46.8 cm³/mol. The van der Waals surface area contributed by atoms with Gasteiger partial charge in [0.25, 0.3) is 0 Å². The van der Waals surface area contributed by atoms with Crippen LogP contribution in [0.25, 0.3) is 0 Å². The Morgan fingerprint density at radius 1 is 1.54 bits per heavy atom. The minimum absolute atomic E-state index is 0.0431. The zero-order valence-electron chi connectivity index (χ0n) is 7.10. The monoisotopic (exact) mass is 202 g/mol. The van der Waals surface area contributed by atoms with Crippen molar-refractivity contribution in [3.8, 4) is 5.75 Å². The van der Waals surface area contributed by atoms with Crippen LogP contribution in [0.1, 0.15) is 6.92 Å². The highest BCUT2D eigenvalue weighted by molar-refractivity contribution is 7.89. The highest BCUT2D eigenvalue weighted by Crippen LogP contribution is 2.13. The normalized spacial score (nSPS) is 11.2. The summed E-state index contributed by atoms with van der Waals surface area (Å²) in [5, 5.41) is 4.90. The van der Waals surface area contributed by atoms with Crippen molar-refractivity contribution in [1.29, 1.82) is 0 Å². The van der Waals surface area contributed by atoms with E-state index in [4.69, 9.17) is 9.88 Å². The van der Waals surface area contributed by atoms with E-state index in [2.05, 4.69) is 4.98 Å². The molecule has 0 atom stereocenters. The summed E-state index contributed by atoms with van der Waals surface area (Å²) in [6, 6.07) is 1.34. The number of nitrogens with zero attached hydrogens (tertiary/aromatic N) is 1. The van der Waals surface area contributed by atoms with E-state index in [0.717, 1.165) is 0 Å². The second-order valence-electron chi connectivity index (χ2n) is 2.33. The molecule has 0 aromatic carbocycles. The second kappa shape index (κ2) is 3.71. The first-order chi connectivity index (χ1) is 6.04. The van der Waals surface area contributed by atoms with Gasteiger partial charge in [-0.2, -0.15) is 0 Å². The number of hydrogen-bond acceptors (Lipinski definition) is 4. The van der Waals surface area contributed by atoms with Gasteiger partial charge in [0.1, 0.15) is 10.6 Å². The summed E-state index contributed by atoms with van der Waals surface area (Å²) in [6.07, 6.45) is 2.61. The van der Waals surface area contributed by atoms with Gasteiger partial charge in [0.2, 0.25) is 10.0 Å². The molecule has 13 heavy (non-hydrogen) atoms. The van der Waals surface area contributed by atoms with Crippen LogP contribution >= 0.6 is 0 Å². The lowest BCUT2D eigenvalue weighted by atomic mass is 10.5. The summed E-state index contributed by atoms with van der Waals surface area (Å²) >= 11 is 0. The molecular weight excluding hydrogens is 192 g/mol. The topological polar surface area (TPSA) is 82.3 Å². The van der Waals surface area contributed by atoms with Crippen molar-refractivity contribution in [2.75, 3.05) is 6.61 Å². The molecule has 0 amide bonds. The molecule has 72 valence electrons. The lowest BCUT2D eigenvalue weighted by Gasteiger charge is -2.03. The van der Waals surface area contributed by atoms with E-state index in [-0.39, 0.29) is 4.90 Å². The standard InChI is InChI=1S/C7H10N2O3S/c1-2-12-6-3-7(5-9-4-6)13(8,10)11/h3-5H,2H2,1H3,(H2,8,10,11). The number of hydrogen-bond donors (Lipinski definition) is 1. The Morgan fingerprint density at radius 2 is 2.23 bits per heavy atom. The SMILES string of the molecule is CCOc1cncc(S(N)(=O)=O)c1. The van der Waals surface area contributed by atoms with Crippen molar-refractivity contribution in [2.24, 2.45) is 5.14 Å². The molecule has 0 aliphatic carbocycles. The van der Waals surface area contributed by atoms with Crippen LogP contribution in [-0.2, 0) is 10.0 Å². The maximum Gasteiger partial charge on any atom is 0.239 e. The fraction of sp³-hybridized carbons (Fsp3) is 0.286. The Balaban J connectivity index is 3.06. The summed E-state index contributed by atoms with van der Waals surface area (Å²) in [5.41, 5.74) is 0. The molecule has 2 N–H and O–H groups in total. The predicted octanol–water partition coefficient (Wildman–Crippen LogP) is 0.128. The average Bonchev–Trinajstić information content (AvgIpc) is 2.04. The van der Waals surface area contributed by atoms with Crippen molar-refractivity contribution in [2.45, 2.75) is 11.8 Å².